The van der Waals surface area contributed by atoms with E-state index in [1.807, 2.05) is 0 Å². The van der Waals surface area contributed by atoms with Crippen LogP contribution in [-0.4, -0.2) is 82.7 Å². The molecule has 3 fully saturated rings. The number of nitrogens with one attached hydrogen (secondary N) is 2. The Kier molecular flexibility index (Phi) is 7.68. The third kappa shape index (κ3) is 5.27. The minimum atomic E-state index is -5.10. The molecule has 29 heavy (non-hydrogen) atoms. The molecule has 0 saturated carbocycles. The van der Waals surface area contributed by atoms with E-state index in [0.717, 1.165) is 12.8 Å². The van der Waals surface area contributed by atoms with Crippen LogP contribution in [0.25, 0.3) is 0 Å². The van der Waals surface area contributed by atoms with Crippen LogP contribution in [0.1, 0.15) is 39.0 Å². The standard InChI is InChI=1S/C15H23N5O7S.Na/c1-9(21)18-7-3-2-4-12(18)14(22)17-13(16)11-6-5-10-8-19(11)15(23)20(10)27-28(24,25)26;/h10-12H,2-8H2,1H3,(H2,16,17,22)(H,24,25,26);/q;+1/p-1/t10-,11+,12-;/m1./s1. The fraction of sp³-hybridized carbons (Fsp3) is 0.733. The van der Waals surface area contributed by atoms with Crippen molar-refractivity contribution in [3.63, 3.8) is 0 Å². The molecule has 3 aliphatic heterocycles. The van der Waals surface area contributed by atoms with Crippen molar-refractivity contribution in [2.45, 2.75) is 57.2 Å². The molecule has 0 spiro atoms. The third-order valence-electron chi connectivity index (χ3n) is 5.30. The normalized spacial score (nSPS) is 26.8. The van der Waals surface area contributed by atoms with Gasteiger partial charge in [-0.1, -0.05) is 0 Å². The van der Waals surface area contributed by atoms with Gasteiger partial charge in [-0.15, -0.1) is 0 Å². The molecule has 2 N–H and O–H groups in total. The van der Waals surface area contributed by atoms with Gasteiger partial charge in [0.25, 0.3) is 0 Å². The van der Waals surface area contributed by atoms with Crippen molar-refractivity contribution in [3.8, 4) is 0 Å². The monoisotopic (exact) mass is 439 g/mol. The average molecular weight is 439 g/mol. The predicted octanol–water partition coefficient (Wildman–Crippen LogP) is -3.85. The van der Waals surface area contributed by atoms with E-state index in [1.165, 1.54) is 16.7 Å². The van der Waals surface area contributed by atoms with Crippen LogP contribution in [0.3, 0.4) is 0 Å². The summed E-state index contributed by atoms with van der Waals surface area (Å²) >= 11 is 0. The number of hydrogen-bond acceptors (Lipinski definition) is 8. The first-order valence-corrected chi connectivity index (χ1v) is 10.3. The number of amides is 4. The Morgan fingerprint density at radius 1 is 1.21 bits per heavy atom. The van der Waals surface area contributed by atoms with E-state index >= 15 is 0 Å². The van der Waals surface area contributed by atoms with Gasteiger partial charge in [0.15, 0.2) is 0 Å². The zero-order valence-corrected chi connectivity index (χ0v) is 19.1. The second-order valence-corrected chi connectivity index (χ2v) is 8.08. The summed E-state index contributed by atoms with van der Waals surface area (Å²) in [5, 5.41) is 11.2. The van der Waals surface area contributed by atoms with Gasteiger partial charge in [-0.05, 0) is 32.1 Å². The van der Waals surface area contributed by atoms with Crippen LogP contribution in [0.15, 0.2) is 0 Å². The Bertz CT molecular complexity index is 807. The first-order chi connectivity index (χ1) is 13.1. The minimum Gasteiger partial charge on any atom is -0.724 e. The summed E-state index contributed by atoms with van der Waals surface area (Å²) in [6.45, 7) is 1.95. The topological polar surface area (TPSA) is 163 Å². The molecule has 2 bridgehead atoms. The minimum absolute atomic E-state index is 0. The number of hydroxylamine groups is 2. The fourth-order valence-corrected chi connectivity index (χ4v) is 4.39. The van der Waals surface area contributed by atoms with Crippen molar-refractivity contribution in [2.75, 3.05) is 13.1 Å². The zero-order chi connectivity index (χ0) is 20.6. The van der Waals surface area contributed by atoms with E-state index in [0.29, 0.717) is 30.9 Å². The molecule has 3 aliphatic rings. The summed E-state index contributed by atoms with van der Waals surface area (Å²) in [6.07, 6.45) is 2.71. The molecule has 3 rings (SSSR count). The van der Waals surface area contributed by atoms with E-state index in [2.05, 4.69) is 9.60 Å². The number of likely N-dealkylation sites (tertiary alicyclic amines) is 1. The molecule has 0 unspecified atom stereocenters. The van der Waals surface area contributed by atoms with E-state index in [4.69, 9.17) is 5.41 Å². The average Bonchev–Trinajstić information content (AvgIpc) is 2.85. The molecule has 156 valence electrons. The van der Waals surface area contributed by atoms with Crippen molar-refractivity contribution >= 4 is 34.1 Å². The first-order valence-electron chi connectivity index (χ1n) is 9.00. The SMILES string of the molecule is CC(=O)N1CCCC[C@@H]1C(=O)NC(=N)[C@@H]1CC[C@@H]2CN1C(=O)N2OS(=O)(=O)[O-].[Na+]. The van der Waals surface area contributed by atoms with Crippen LogP contribution in [0.4, 0.5) is 4.79 Å². The Morgan fingerprint density at radius 2 is 1.90 bits per heavy atom. The number of carbonyl (C=O) groups excluding carboxylic acids is 3. The molecule has 14 heteroatoms. The number of piperidine rings is 2. The maximum Gasteiger partial charge on any atom is 1.00 e. The molecule has 4 amide bonds. The molecule has 3 heterocycles. The number of carbonyl (C=O) groups is 3. The van der Waals surface area contributed by atoms with E-state index in [1.54, 1.807) is 0 Å². The molecular formula is C15H22N5NaO7S. The van der Waals surface area contributed by atoms with Gasteiger partial charge in [-0.2, -0.15) is 9.35 Å². The Labute approximate surface area is 190 Å². The van der Waals surface area contributed by atoms with Gasteiger partial charge in [0.2, 0.25) is 22.2 Å². The molecule has 0 aliphatic carbocycles. The number of hydrogen-bond donors (Lipinski definition) is 2. The second-order valence-electron chi connectivity index (χ2n) is 7.12. The molecule has 3 saturated heterocycles. The van der Waals surface area contributed by atoms with Crippen molar-refractivity contribution in [1.82, 2.24) is 20.2 Å². The van der Waals surface area contributed by atoms with Crippen LogP contribution in [-0.2, 0) is 24.3 Å². The summed E-state index contributed by atoms with van der Waals surface area (Å²) in [5.74, 6) is -0.908. The molecule has 0 radical (unpaired) electrons. The smallest absolute Gasteiger partial charge is 0.724 e. The summed E-state index contributed by atoms with van der Waals surface area (Å²) in [7, 11) is -5.10. The molecule has 0 aromatic heterocycles. The van der Waals surface area contributed by atoms with Crippen LogP contribution < -0.4 is 34.9 Å². The maximum absolute atomic E-state index is 12.6. The zero-order valence-electron chi connectivity index (χ0n) is 16.3. The van der Waals surface area contributed by atoms with Crippen LogP contribution in [0, 0.1) is 5.41 Å². The van der Waals surface area contributed by atoms with Gasteiger partial charge in [0.05, 0.1) is 12.1 Å². The second kappa shape index (κ2) is 9.27. The van der Waals surface area contributed by atoms with E-state index in [-0.39, 0.29) is 47.8 Å². The van der Waals surface area contributed by atoms with Crippen molar-refractivity contribution < 1.29 is 61.2 Å². The van der Waals surface area contributed by atoms with E-state index in [9.17, 15) is 27.4 Å². The van der Waals surface area contributed by atoms with Gasteiger partial charge < -0.3 is 19.7 Å². The summed E-state index contributed by atoms with van der Waals surface area (Å²) in [6, 6.07) is -2.89. The molecule has 12 nitrogen and oxygen atoms in total. The van der Waals surface area contributed by atoms with Crippen LogP contribution in [0.2, 0.25) is 0 Å². The first kappa shape index (κ1) is 24.0. The third-order valence-corrected chi connectivity index (χ3v) is 5.64. The number of rotatable bonds is 4. The number of fused-ring (bicyclic) bond motifs is 2. The predicted molar refractivity (Wildman–Crippen MR) is 92.4 cm³/mol. The molecule has 0 aromatic rings. The van der Waals surface area contributed by atoms with Gasteiger partial charge in [0, 0.05) is 20.0 Å². The summed E-state index contributed by atoms with van der Waals surface area (Å²) < 4.78 is 36.7. The Hall–Kier alpha value is -1.25. The van der Waals surface area contributed by atoms with Crippen molar-refractivity contribution in [2.24, 2.45) is 0 Å². The number of urea groups is 1. The Morgan fingerprint density at radius 3 is 2.52 bits per heavy atom. The van der Waals surface area contributed by atoms with Gasteiger partial charge >= 0.3 is 35.6 Å². The number of nitrogens with zero attached hydrogens (tertiary/aromatic N) is 3. The van der Waals surface area contributed by atoms with Crippen molar-refractivity contribution in [3.05, 3.63) is 0 Å². The largest absolute Gasteiger partial charge is 1.00 e. The van der Waals surface area contributed by atoms with Crippen LogP contribution >= 0.6 is 0 Å². The Balaban J connectivity index is 0.00000300. The van der Waals surface area contributed by atoms with E-state index < -0.39 is 40.5 Å². The van der Waals surface area contributed by atoms with Gasteiger partial charge in [-0.3, -0.25) is 15.0 Å². The quantitative estimate of drug-likeness (QED) is 0.149. The number of amidine groups is 1. The van der Waals surface area contributed by atoms with Gasteiger partial charge in [0.1, 0.15) is 11.9 Å². The van der Waals surface area contributed by atoms with Crippen molar-refractivity contribution in [1.29, 1.82) is 5.41 Å². The van der Waals surface area contributed by atoms with Gasteiger partial charge in [-0.25, -0.2) is 13.2 Å². The molecular weight excluding hydrogens is 417 g/mol. The summed E-state index contributed by atoms with van der Waals surface area (Å²) in [4.78, 5) is 39.4. The molecule has 0 aromatic carbocycles. The fourth-order valence-electron chi connectivity index (χ4n) is 4.01. The molecule has 3 atom stereocenters. The maximum atomic E-state index is 12.6. The summed E-state index contributed by atoms with van der Waals surface area (Å²) in [5.41, 5.74) is 0. The van der Waals surface area contributed by atoms with Crippen LogP contribution in [0.5, 0.6) is 0 Å².